The van der Waals surface area contributed by atoms with Gasteiger partial charge in [0.15, 0.2) is 5.56 Å². The van der Waals surface area contributed by atoms with Crippen molar-refractivity contribution < 1.29 is 19.5 Å². The van der Waals surface area contributed by atoms with Crippen LogP contribution in [0.3, 0.4) is 0 Å². The van der Waals surface area contributed by atoms with E-state index >= 15 is 0 Å². The fraction of sp³-hybridized carbons (Fsp3) is 0.476. The molecule has 0 saturated carbocycles. The highest BCUT2D eigenvalue weighted by Gasteiger charge is 2.34. The van der Waals surface area contributed by atoms with Crippen LogP contribution in [0, 0.1) is 5.92 Å². The van der Waals surface area contributed by atoms with Crippen LogP contribution in [0.1, 0.15) is 42.7 Å². The monoisotopic (exact) mass is 444 g/mol. The molecular formula is C21H28N6O5. The largest absolute Gasteiger partial charge is 0.494 e. The van der Waals surface area contributed by atoms with E-state index in [4.69, 9.17) is 5.73 Å². The normalized spacial score (nSPS) is 16.4. The van der Waals surface area contributed by atoms with E-state index in [1.54, 1.807) is 14.1 Å². The maximum atomic E-state index is 12.7. The Morgan fingerprint density at radius 1 is 1.34 bits per heavy atom. The van der Waals surface area contributed by atoms with E-state index in [0.717, 1.165) is 10.9 Å². The predicted octanol–water partition coefficient (Wildman–Crippen LogP) is 0.0489. The fourth-order valence-corrected chi connectivity index (χ4v) is 3.86. The molecule has 1 fully saturated rings. The Labute approximate surface area is 184 Å². The molecule has 2 aromatic rings. The average molecular weight is 444 g/mol. The minimum atomic E-state index is -1.06. The van der Waals surface area contributed by atoms with Crippen LogP contribution in [0.15, 0.2) is 16.9 Å². The van der Waals surface area contributed by atoms with Crippen molar-refractivity contribution >= 4 is 29.4 Å². The number of fused-ring (bicyclic) bond motifs is 1. The number of hydrogen-bond acceptors (Lipinski definition) is 6. The number of amides is 3. The molecule has 1 saturated heterocycles. The molecular weight excluding hydrogens is 416 g/mol. The smallest absolute Gasteiger partial charge is 0.291 e. The van der Waals surface area contributed by atoms with Crippen LogP contribution in [0.25, 0.3) is 11.7 Å². The number of rotatable bonds is 6. The number of likely N-dealkylation sites (N-methyl/N-ethyl adjacent to an activating group) is 1. The quantitative estimate of drug-likeness (QED) is 0.603. The second kappa shape index (κ2) is 8.85. The van der Waals surface area contributed by atoms with Gasteiger partial charge in [0.1, 0.15) is 11.7 Å². The molecule has 11 nitrogen and oxygen atoms in total. The highest BCUT2D eigenvalue weighted by Crippen LogP contribution is 2.21. The summed E-state index contributed by atoms with van der Waals surface area (Å²) in [6.45, 7) is 4.62. The van der Waals surface area contributed by atoms with E-state index in [1.165, 1.54) is 32.6 Å². The van der Waals surface area contributed by atoms with Crippen molar-refractivity contribution in [2.24, 2.45) is 11.7 Å². The Kier molecular flexibility index (Phi) is 6.37. The highest BCUT2D eigenvalue weighted by atomic mass is 16.3. The SMILES string of the molecule is CC(C)Cn1c(O)c(C(N)=O)c(=O)n2nc(C=CC(=O)N3CCCC3C(=O)N(C)C)cc12. The molecule has 172 valence electrons. The molecule has 3 heterocycles. The van der Waals surface area contributed by atoms with Crippen LogP contribution in [-0.4, -0.2) is 73.5 Å². The van der Waals surface area contributed by atoms with Crippen molar-refractivity contribution in [3.8, 4) is 5.88 Å². The van der Waals surface area contributed by atoms with Gasteiger partial charge >= 0.3 is 0 Å². The molecule has 32 heavy (non-hydrogen) atoms. The number of nitrogens with two attached hydrogens (primary N) is 1. The molecule has 0 aromatic carbocycles. The molecule has 3 amide bonds. The van der Waals surface area contributed by atoms with Gasteiger partial charge in [-0.15, -0.1) is 0 Å². The maximum Gasteiger partial charge on any atom is 0.291 e. The summed E-state index contributed by atoms with van der Waals surface area (Å²) in [4.78, 5) is 52.4. The molecule has 11 heteroatoms. The summed E-state index contributed by atoms with van der Waals surface area (Å²) in [6, 6.07) is 1.03. The van der Waals surface area contributed by atoms with Crippen molar-refractivity contribution in [2.75, 3.05) is 20.6 Å². The number of nitrogens with zero attached hydrogens (tertiary/aromatic N) is 5. The highest BCUT2D eigenvalue weighted by molar-refractivity contribution is 5.96. The number of aromatic nitrogens is 3. The van der Waals surface area contributed by atoms with Gasteiger partial charge in [0.05, 0.1) is 5.69 Å². The first kappa shape index (κ1) is 23.0. The zero-order chi connectivity index (χ0) is 23.7. The van der Waals surface area contributed by atoms with E-state index in [9.17, 15) is 24.3 Å². The van der Waals surface area contributed by atoms with Gasteiger partial charge in [-0.2, -0.15) is 9.61 Å². The van der Waals surface area contributed by atoms with Gasteiger partial charge in [-0.05, 0) is 24.8 Å². The molecule has 1 aliphatic rings. The van der Waals surface area contributed by atoms with Crippen molar-refractivity contribution in [1.82, 2.24) is 24.0 Å². The molecule has 3 N–H and O–H groups in total. The average Bonchev–Trinajstić information content (AvgIpc) is 3.35. The third kappa shape index (κ3) is 4.23. The van der Waals surface area contributed by atoms with Gasteiger partial charge in [0, 0.05) is 39.3 Å². The third-order valence-corrected chi connectivity index (χ3v) is 5.32. The zero-order valence-corrected chi connectivity index (χ0v) is 18.6. The van der Waals surface area contributed by atoms with E-state index in [1.807, 2.05) is 13.8 Å². The molecule has 0 spiro atoms. The number of likely N-dealkylation sites (tertiary alicyclic amines) is 1. The zero-order valence-electron chi connectivity index (χ0n) is 18.6. The first-order chi connectivity index (χ1) is 15.0. The topological polar surface area (TPSA) is 143 Å². The van der Waals surface area contributed by atoms with Crippen molar-refractivity contribution in [2.45, 2.75) is 39.3 Å². The van der Waals surface area contributed by atoms with Crippen molar-refractivity contribution in [3.05, 3.63) is 33.8 Å². The Bertz CT molecular complexity index is 1160. The second-order valence-electron chi connectivity index (χ2n) is 8.47. The number of aromatic hydroxyl groups is 1. The van der Waals surface area contributed by atoms with E-state index in [-0.39, 0.29) is 29.1 Å². The minimum absolute atomic E-state index is 0.0877. The summed E-state index contributed by atoms with van der Waals surface area (Å²) in [7, 11) is 3.30. The number of primary amides is 1. The fourth-order valence-electron chi connectivity index (χ4n) is 3.86. The molecule has 1 atom stereocenters. The minimum Gasteiger partial charge on any atom is -0.494 e. The summed E-state index contributed by atoms with van der Waals surface area (Å²) in [5, 5.41) is 14.7. The lowest BCUT2D eigenvalue weighted by atomic mass is 10.2. The lowest BCUT2D eigenvalue weighted by Crippen LogP contribution is -2.44. The van der Waals surface area contributed by atoms with Crippen LogP contribution < -0.4 is 11.3 Å². The molecule has 1 aliphatic heterocycles. The second-order valence-corrected chi connectivity index (χ2v) is 8.47. The molecule has 0 radical (unpaired) electrons. The number of carbonyl (C=O) groups excluding carboxylic acids is 3. The van der Waals surface area contributed by atoms with Crippen molar-refractivity contribution in [3.63, 3.8) is 0 Å². The van der Waals surface area contributed by atoms with E-state index < -0.39 is 29.0 Å². The Morgan fingerprint density at radius 2 is 2.03 bits per heavy atom. The van der Waals surface area contributed by atoms with Crippen LogP contribution in [0.5, 0.6) is 5.88 Å². The molecule has 0 bridgehead atoms. The summed E-state index contributed by atoms with van der Waals surface area (Å²) >= 11 is 0. The predicted molar refractivity (Wildman–Crippen MR) is 117 cm³/mol. The van der Waals surface area contributed by atoms with Gasteiger partial charge in [-0.3, -0.25) is 23.7 Å². The van der Waals surface area contributed by atoms with Gasteiger partial charge < -0.3 is 20.6 Å². The Morgan fingerprint density at radius 3 is 2.62 bits per heavy atom. The summed E-state index contributed by atoms with van der Waals surface area (Å²) in [5.41, 5.74) is 4.45. The van der Waals surface area contributed by atoms with Gasteiger partial charge in [-0.1, -0.05) is 13.8 Å². The van der Waals surface area contributed by atoms with Crippen LogP contribution in [0.4, 0.5) is 0 Å². The van der Waals surface area contributed by atoms with Crippen LogP contribution in [-0.2, 0) is 16.1 Å². The molecule has 3 rings (SSSR count). The van der Waals surface area contributed by atoms with E-state index in [0.29, 0.717) is 19.5 Å². The van der Waals surface area contributed by atoms with Crippen LogP contribution in [0.2, 0.25) is 0 Å². The summed E-state index contributed by atoms with van der Waals surface area (Å²) in [5.74, 6) is -1.95. The number of hydrogen-bond donors (Lipinski definition) is 2. The summed E-state index contributed by atoms with van der Waals surface area (Å²) in [6.07, 6.45) is 4.08. The Balaban J connectivity index is 1.98. The standard InChI is InChI=1S/C21H28N6O5/c1-12(2)11-26-15-10-13(23-27(15)21(32)17(18(22)29)20(26)31)7-8-16(28)25-9-5-6-14(25)19(30)24(3)4/h7-8,10,12,14,31H,5-6,9,11H2,1-4H3,(H2,22,29). The first-order valence-electron chi connectivity index (χ1n) is 10.4. The van der Waals surface area contributed by atoms with Crippen LogP contribution >= 0.6 is 0 Å². The molecule has 0 aliphatic carbocycles. The lowest BCUT2D eigenvalue weighted by molar-refractivity contribution is -0.139. The Hall–Kier alpha value is -3.63. The molecule has 1 unspecified atom stereocenters. The van der Waals surface area contributed by atoms with E-state index in [2.05, 4.69) is 5.10 Å². The van der Waals surface area contributed by atoms with Gasteiger partial charge in [0.2, 0.25) is 17.7 Å². The third-order valence-electron chi connectivity index (χ3n) is 5.32. The number of carbonyl (C=O) groups is 3. The first-order valence-corrected chi connectivity index (χ1v) is 10.4. The lowest BCUT2D eigenvalue weighted by Gasteiger charge is -2.25. The van der Waals surface area contributed by atoms with Gasteiger partial charge in [-0.25, -0.2) is 0 Å². The summed E-state index contributed by atoms with van der Waals surface area (Å²) < 4.78 is 2.38. The van der Waals surface area contributed by atoms with Gasteiger partial charge in [0.25, 0.3) is 11.5 Å². The van der Waals surface area contributed by atoms with Crippen molar-refractivity contribution in [1.29, 1.82) is 0 Å². The molecule has 2 aromatic heterocycles. The maximum absolute atomic E-state index is 12.7.